The molecule has 2 N–H and O–H groups in total. The third kappa shape index (κ3) is 4.49. The van der Waals surface area contributed by atoms with Crippen molar-refractivity contribution in [1.29, 1.82) is 0 Å². The molecule has 0 saturated carbocycles. The van der Waals surface area contributed by atoms with Crippen LogP contribution in [0.2, 0.25) is 5.02 Å². The standard InChI is InChI=1S/C16H15ClN2O3/c1-22-16(21)11-2-6-14(7-3-11)19-15(20)10-18-13-8-4-12(17)5-9-13/h2-9,18H,10H2,1H3,(H,19,20). The van der Waals surface area contributed by atoms with E-state index in [1.54, 1.807) is 48.5 Å². The third-order valence-corrected chi connectivity index (χ3v) is 3.14. The van der Waals surface area contributed by atoms with Gasteiger partial charge >= 0.3 is 5.97 Å². The van der Waals surface area contributed by atoms with Gasteiger partial charge in [-0.2, -0.15) is 0 Å². The van der Waals surface area contributed by atoms with Gasteiger partial charge in [-0.15, -0.1) is 0 Å². The molecule has 0 spiro atoms. The van der Waals surface area contributed by atoms with Crippen LogP contribution in [0.5, 0.6) is 0 Å². The zero-order chi connectivity index (χ0) is 15.9. The summed E-state index contributed by atoms with van der Waals surface area (Å²) < 4.78 is 4.61. The van der Waals surface area contributed by atoms with Crippen molar-refractivity contribution in [2.45, 2.75) is 0 Å². The summed E-state index contributed by atoms with van der Waals surface area (Å²) in [7, 11) is 1.32. The topological polar surface area (TPSA) is 67.4 Å². The summed E-state index contributed by atoms with van der Waals surface area (Å²) in [6.45, 7) is 0.125. The molecule has 0 aromatic heterocycles. The number of ether oxygens (including phenoxy) is 1. The Kier molecular flexibility index (Phi) is 5.38. The van der Waals surface area contributed by atoms with Crippen LogP contribution in [0.3, 0.4) is 0 Å². The zero-order valence-electron chi connectivity index (χ0n) is 11.9. The number of hydrogen-bond donors (Lipinski definition) is 2. The highest BCUT2D eigenvalue weighted by Crippen LogP contribution is 2.13. The molecule has 2 rings (SSSR count). The van der Waals surface area contributed by atoms with Crippen LogP contribution in [0.1, 0.15) is 10.4 Å². The number of benzene rings is 2. The van der Waals surface area contributed by atoms with E-state index in [-0.39, 0.29) is 12.5 Å². The number of carbonyl (C=O) groups is 2. The van der Waals surface area contributed by atoms with Gasteiger partial charge in [0, 0.05) is 16.4 Å². The van der Waals surface area contributed by atoms with E-state index >= 15 is 0 Å². The van der Waals surface area contributed by atoms with Gasteiger partial charge in [0.25, 0.3) is 0 Å². The van der Waals surface area contributed by atoms with Crippen molar-refractivity contribution in [2.24, 2.45) is 0 Å². The van der Waals surface area contributed by atoms with Crippen molar-refractivity contribution in [3.05, 3.63) is 59.1 Å². The second-order valence-electron chi connectivity index (χ2n) is 4.48. The maximum absolute atomic E-state index is 11.8. The number of esters is 1. The van der Waals surface area contributed by atoms with Crippen molar-refractivity contribution in [1.82, 2.24) is 0 Å². The number of halogens is 1. The molecule has 0 aliphatic rings. The van der Waals surface area contributed by atoms with Crippen LogP contribution in [-0.2, 0) is 9.53 Å². The van der Waals surface area contributed by atoms with Gasteiger partial charge in [0.2, 0.25) is 5.91 Å². The molecule has 0 bridgehead atoms. The molecule has 0 aliphatic heterocycles. The molecule has 22 heavy (non-hydrogen) atoms. The predicted molar refractivity (Wildman–Crippen MR) is 86.4 cm³/mol. The van der Waals surface area contributed by atoms with Crippen LogP contribution >= 0.6 is 11.6 Å². The summed E-state index contributed by atoms with van der Waals surface area (Å²) >= 11 is 5.79. The van der Waals surface area contributed by atoms with Gasteiger partial charge in [-0.05, 0) is 48.5 Å². The highest BCUT2D eigenvalue weighted by Gasteiger charge is 2.06. The van der Waals surface area contributed by atoms with Crippen molar-refractivity contribution in [3.8, 4) is 0 Å². The first-order chi connectivity index (χ1) is 10.6. The SMILES string of the molecule is COC(=O)c1ccc(NC(=O)CNc2ccc(Cl)cc2)cc1. The Hall–Kier alpha value is -2.53. The van der Waals surface area contributed by atoms with Gasteiger partial charge < -0.3 is 15.4 Å². The molecule has 1 amide bonds. The van der Waals surface area contributed by atoms with Crippen LogP contribution in [0.15, 0.2) is 48.5 Å². The lowest BCUT2D eigenvalue weighted by atomic mass is 10.2. The minimum absolute atomic E-state index is 0.125. The van der Waals surface area contributed by atoms with Gasteiger partial charge in [-0.1, -0.05) is 11.6 Å². The van der Waals surface area contributed by atoms with E-state index in [0.717, 1.165) is 5.69 Å². The smallest absolute Gasteiger partial charge is 0.337 e. The molecule has 0 aliphatic carbocycles. The minimum atomic E-state index is -0.415. The second kappa shape index (κ2) is 7.47. The molecular formula is C16H15ClN2O3. The van der Waals surface area contributed by atoms with Crippen molar-refractivity contribution in [2.75, 3.05) is 24.3 Å². The molecular weight excluding hydrogens is 304 g/mol. The van der Waals surface area contributed by atoms with Crippen LogP contribution in [0.25, 0.3) is 0 Å². The molecule has 0 atom stereocenters. The lowest BCUT2D eigenvalue weighted by Crippen LogP contribution is -2.21. The van der Waals surface area contributed by atoms with Crippen LogP contribution in [-0.4, -0.2) is 25.5 Å². The van der Waals surface area contributed by atoms with Gasteiger partial charge in [-0.3, -0.25) is 4.79 Å². The van der Waals surface area contributed by atoms with Crippen LogP contribution < -0.4 is 10.6 Å². The highest BCUT2D eigenvalue weighted by atomic mass is 35.5. The third-order valence-electron chi connectivity index (χ3n) is 2.89. The van der Waals surface area contributed by atoms with E-state index in [1.807, 2.05) is 0 Å². The van der Waals surface area contributed by atoms with E-state index in [0.29, 0.717) is 16.3 Å². The van der Waals surface area contributed by atoms with Gasteiger partial charge in [-0.25, -0.2) is 4.79 Å². The van der Waals surface area contributed by atoms with Crippen LogP contribution in [0.4, 0.5) is 11.4 Å². The van der Waals surface area contributed by atoms with Gasteiger partial charge in [0.15, 0.2) is 0 Å². The number of anilines is 2. The predicted octanol–water partition coefficient (Wildman–Crippen LogP) is 3.18. The molecule has 5 nitrogen and oxygen atoms in total. The first-order valence-electron chi connectivity index (χ1n) is 6.56. The second-order valence-corrected chi connectivity index (χ2v) is 4.91. The molecule has 6 heteroatoms. The number of nitrogens with one attached hydrogen (secondary N) is 2. The Balaban J connectivity index is 1.86. The molecule has 0 radical (unpaired) electrons. The van der Waals surface area contributed by atoms with Crippen molar-refractivity contribution >= 4 is 34.9 Å². The summed E-state index contributed by atoms with van der Waals surface area (Å²) in [6, 6.07) is 13.5. The molecule has 2 aromatic carbocycles. The molecule has 0 heterocycles. The number of amides is 1. The maximum Gasteiger partial charge on any atom is 0.337 e. The molecule has 0 unspecified atom stereocenters. The van der Waals surface area contributed by atoms with Crippen molar-refractivity contribution in [3.63, 3.8) is 0 Å². The summed E-state index contributed by atoms with van der Waals surface area (Å²) in [5.74, 6) is -0.608. The average Bonchev–Trinajstić information content (AvgIpc) is 2.54. The average molecular weight is 319 g/mol. The van der Waals surface area contributed by atoms with E-state index in [4.69, 9.17) is 11.6 Å². The molecule has 114 valence electrons. The minimum Gasteiger partial charge on any atom is -0.465 e. The number of hydrogen-bond acceptors (Lipinski definition) is 4. The van der Waals surface area contributed by atoms with E-state index in [9.17, 15) is 9.59 Å². The van der Waals surface area contributed by atoms with E-state index < -0.39 is 5.97 Å². The fourth-order valence-electron chi connectivity index (χ4n) is 1.76. The van der Waals surface area contributed by atoms with Gasteiger partial charge in [0.1, 0.15) is 0 Å². The van der Waals surface area contributed by atoms with Crippen molar-refractivity contribution < 1.29 is 14.3 Å². The Labute approximate surface area is 133 Å². The Morgan fingerprint density at radius 2 is 1.59 bits per heavy atom. The number of methoxy groups -OCH3 is 1. The Morgan fingerprint density at radius 1 is 1.00 bits per heavy atom. The lowest BCUT2D eigenvalue weighted by Gasteiger charge is -2.08. The normalized spacial score (nSPS) is 9.91. The number of carbonyl (C=O) groups excluding carboxylic acids is 2. The monoisotopic (exact) mass is 318 g/mol. The molecule has 0 saturated heterocycles. The summed E-state index contributed by atoms with van der Waals surface area (Å²) in [5.41, 5.74) is 1.84. The van der Waals surface area contributed by atoms with E-state index in [1.165, 1.54) is 7.11 Å². The lowest BCUT2D eigenvalue weighted by molar-refractivity contribution is -0.114. The highest BCUT2D eigenvalue weighted by molar-refractivity contribution is 6.30. The summed E-state index contributed by atoms with van der Waals surface area (Å²) in [4.78, 5) is 23.1. The largest absolute Gasteiger partial charge is 0.465 e. The molecule has 0 fully saturated rings. The first kappa shape index (κ1) is 15.9. The quantitative estimate of drug-likeness (QED) is 0.831. The Morgan fingerprint density at radius 3 is 2.18 bits per heavy atom. The van der Waals surface area contributed by atoms with Gasteiger partial charge in [0.05, 0.1) is 19.2 Å². The summed E-state index contributed by atoms with van der Waals surface area (Å²) in [5, 5.41) is 6.35. The summed E-state index contributed by atoms with van der Waals surface area (Å²) in [6.07, 6.45) is 0. The van der Waals surface area contributed by atoms with Crippen LogP contribution in [0, 0.1) is 0 Å². The molecule has 2 aromatic rings. The fourth-order valence-corrected chi connectivity index (χ4v) is 1.89. The Bertz CT molecular complexity index is 654. The van der Waals surface area contributed by atoms with E-state index in [2.05, 4.69) is 15.4 Å². The number of rotatable bonds is 5. The zero-order valence-corrected chi connectivity index (χ0v) is 12.7. The first-order valence-corrected chi connectivity index (χ1v) is 6.94. The maximum atomic E-state index is 11.8. The fraction of sp³-hybridized carbons (Fsp3) is 0.125.